The molecule has 0 aliphatic rings. The van der Waals surface area contributed by atoms with Crippen LogP contribution in [0.2, 0.25) is 0 Å². The number of carboxylic acid groups (broad SMARTS) is 1. The van der Waals surface area contributed by atoms with Gasteiger partial charge in [-0.1, -0.05) is 6.08 Å². The molecule has 3 heteroatoms. The summed E-state index contributed by atoms with van der Waals surface area (Å²) in [5.41, 5.74) is 0. The van der Waals surface area contributed by atoms with Crippen molar-refractivity contribution in [3.63, 3.8) is 0 Å². The van der Waals surface area contributed by atoms with Gasteiger partial charge in [-0.3, -0.25) is 0 Å². The number of carbonyl (C=O) groups is 1. The van der Waals surface area contributed by atoms with Crippen molar-refractivity contribution >= 4 is 5.97 Å². The molecule has 0 saturated carbocycles. The molecule has 52 valence electrons. The minimum absolute atomic E-state index is 0. The van der Waals surface area contributed by atoms with Gasteiger partial charge in [-0.15, -0.1) is 6.58 Å². The molecule has 0 radical (unpaired) electrons. The molecule has 0 rings (SSSR count). The Hall–Kier alpha value is 0.210. The van der Waals surface area contributed by atoms with Crippen molar-refractivity contribution in [3.8, 4) is 0 Å². The maximum atomic E-state index is 9.83. The largest absolute Gasteiger partial charge is 1.00 e. The predicted octanol–water partition coefficient (Wildman–Crippen LogP) is -2.51. The smallest absolute Gasteiger partial charge is 0.550 e. The van der Waals surface area contributed by atoms with Gasteiger partial charge in [0.25, 0.3) is 0 Å². The van der Waals surface area contributed by atoms with Crippen LogP contribution in [0.25, 0.3) is 0 Å². The van der Waals surface area contributed by atoms with Crippen molar-refractivity contribution in [1.29, 1.82) is 0 Å². The van der Waals surface area contributed by atoms with Crippen molar-refractivity contribution in [2.75, 3.05) is 0 Å². The first-order chi connectivity index (χ1) is 4.27. The van der Waals surface area contributed by atoms with E-state index in [0.717, 1.165) is 12.8 Å². The van der Waals surface area contributed by atoms with Gasteiger partial charge in [-0.05, 0) is 25.7 Å². The van der Waals surface area contributed by atoms with Gasteiger partial charge in [0.15, 0.2) is 0 Å². The van der Waals surface area contributed by atoms with Crippen LogP contribution in [0, 0.1) is 0 Å². The molecule has 0 aliphatic heterocycles. The number of hydrogen-bond acceptors (Lipinski definition) is 2. The molecule has 0 heterocycles. The monoisotopic (exact) mass is 150 g/mol. The first-order valence-electron chi connectivity index (χ1n) is 3.08. The third-order valence-electron chi connectivity index (χ3n) is 1.04. The number of carbonyl (C=O) groups excluding carboxylic acids is 1. The van der Waals surface area contributed by atoms with Gasteiger partial charge >= 0.3 is 29.6 Å². The van der Waals surface area contributed by atoms with Gasteiger partial charge in [0.1, 0.15) is 0 Å². The molecule has 0 fully saturated rings. The summed E-state index contributed by atoms with van der Waals surface area (Å²) >= 11 is 0. The van der Waals surface area contributed by atoms with Crippen molar-refractivity contribution in [3.05, 3.63) is 12.7 Å². The van der Waals surface area contributed by atoms with Gasteiger partial charge in [-0.25, -0.2) is 0 Å². The van der Waals surface area contributed by atoms with Gasteiger partial charge in [0.2, 0.25) is 0 Å². The van der Waals surface area contributed by atoms with Crippen LogP contribution in [0.3, 0.4) is 0 Å². The maximum absolute atomic E-state index is 9.83. The predicted molar refractivity (Wildman–Crippen MR) is 33.7 cm³/mol. The topological polar surface area (TPSA) is 40.1 Å². The minimum atomic E-state index is -0.959. The summed E-state index contributed by atoms with van der Waals surface area (Å²) in [5, 5.41) is 9.83. The van der Waals surface area contributed by atoms with Crippen LogP contribution in [0.5, 0.6) is 0 Å². The molecule has 0 spiro atoms. The molecule has 0 atom stereocenters. The van der Waals surface area contributed by atoms with Crippen LogP contribution in [0.15, 0.2) is 12.7 Å². The molecule has 0 amide bonds. The quantitative estimate of drug-likeness (QED) is 0.247. The first-order valence-corrected chi connectivity index (χ1v) is 3.08. The molecule has 0 unspecified atom stereocenters. The zero-order valence-corrected chi connectivity index (χ0v) is 8.43. The second kappa shape index (κ2) is 9.21. The van der Waals surface area contributed by atoms with E-state index in [4.69, 9.17) is 0 Å². The fraction of sp³-hybridized carbons (Fsp3) is 0.571. The van der Waals surface area contributed by atoms with Crippen LogP contribution in [0.4, 0.5) is 0 Å². The van der Waals surface area contributed by atoms with E-state index in [0.29, 0.717) is 6.42 Å². The Bertz CT molecular complexity index is 102. The summed E-state index contributed by atoms with van der Waals surface area (Å²) in [4.78, 5) is 9.83. The van der Waals surface area contributed by atoms with Gasteiger partial charge in [0.05, 0.1) is 0 Å². The second-order valence-electron chi connectivity index (χ2n) is 1.91. The Labute approximate surface area is 83.6 Å². The minimum Gasteiger partial charge on any atom is -0.550 e. The van der Waals surface area contributed by atoms with E-state index in [1.807, 2.05) is 0 Å². The zero-order valence-electron chi connectivity index (χ0n) is 6.43. The van der Waals surface area contributed by atoms with E-state index in [2.05, 4.69) is 6.58 Å². The SMILES string of the molecule is C=CCCCCC(=O)[O-].[Na+]. The molecule has 0 bridgehead atoms. The zero-order chi connectivity index (χ0) is 7.11. The van der Waals surface area contributed by atoms with E-state index in [1.54, 1.807) is 6.08 Å². The third kappa shape index (κ3) is 11.1. The molecule has 0 aromatic heterocycles. The Morgan fingerprint density at radius 2 is 2.10 bits per heavy atom. The van der Waals surface area contributed by atoms with Crippen LogP contribution in [0.1, 0.15) is 25.7 Å². The summed E-state index contributed by atoms with van der Waals surface area (Å²) in [6, 6.07) is 0. The standard InChI is InChI=1S/C7H12O2.Na/c1-2-3-4-5-6-7(8)9;/h2H,1,3-6H2,(H,8,9);/q;+1/p-1. The van der Waals surface area contributed by atoms with E-state index >= 15 is 0 Å². The van der Waals surface area contributed by atoms with E-state index < -0.39 is 5.97 Å². The molecule has 0 N–H and O–H groups in total. The van der Waals surface area contributed by atoms with Crippen LogP contribution in [-0.2, 0) is 4.79 Å². The van der Waals surface area contributed by atoms with Gasteiger partial charge in [0, 0.05) is 5.97 Å². The van der Waals surface area contributed by atoms with Gasteiger partial charge < -0.3 is 9.90 Å². The van der Waals surface area contributed by atoms with Gasteiger partial charge in [-0.2, -0.15) is 0 Å². The number of hydrogen-bond donors (Lipinski definition) is 0. The molecule has 0 aliphatic carbocycles. The number of aliphatic carboxylic acids is 1. The molecule has 10 heavy (non-hydrogen) atoms. The second-order valence-corrected chi connectivity index (χ2v) is 1.91. The number of rotatable bonds is 5. The number of carboxylic acids is 1. The summed E-state index contributed by atoms with van der Waals surface area (Å²) in [6.45, 7) is 3.51. The average molecular weight is 150 g/mol. The van der Waals surface area contributed by atoms with Crippen molar-refractivity contribution in [1.82, 2.24) is 0 Å². The summed E-state index contributed by atoms with van der Waals surface area (Å²) in [5.74, 6) is -0.959. The summed E-state index contributed by atoms with van der Waals surface area (Å²) in [6.07, 6.45) is 4.46. The Kier molecular flexibility index (Phi) is 11.8. The van der Waals surface area contributed by atoms with Crippen molar-refractivity contribution < 1.29 is 39.5 Å². The fourth-order valence-corrected chi connectivity index (χ4v) is 0.558. The number of allylic oxidation sites excluding steroid dienone is 1. The van der Waals surface area contributed by atoms with Crippen molar-refractivity contribution in [2.24, 2.45) is 0 Å². The van der Waals surface area contributed by atoms with E-state index in [1.165, 1.54) is 0 Å². The third-order valence-corrected chi connectivity index (χ3v) is 1.04. The van der Waals surface area contributed by atoms with E-state index in [9.17, 15) is 9.90 Å². The normalized spacial score (nSPS) is 8.00. The van der Waals surface area contributed by atoms with Crippen LogP contribution >= 0.6 is 0 Å². The van der Waals surface area contributed by atoms with Crippen LogP contribution < -0.4 is 34.7 Å². The summed E-state index contributed by atoms with van der Waals surface area (Å²) < 4.78 is 0. The Morgan fingerprint density at radius 1 is 1.50 bits per heavy atom. The van der Waals surface area contributed by atoms with Crippen molar-refractivity contribution in [2.45, 2.75) is 25.7 Å². The molecular formula is C7H11NaO2. The molecule has 0 aromatic carbocycles. The maximum Gasteiger partial charge on any atom is 1.00 e. The average Bonchev–Trinajstić information content (AvgIpc) is 1.80. The molecule has 0 saturated heterocycles. The molecular weight excluding hydrogens is 139 g/mol. The Balaban J connectivity index is 0. The first kappa shape index (κ1) is 12.8. The molecule has 2 nitrogen and oxygen atoms in total. The van der Waals surface area contributed by atoms with Crippen LogP contribution in [-0.4, -0.2) is 5.97 Å². The summed E-state index contributed by atoms with van der Waals surface area (Å²) in [7, 11) is 0. The fourth-order valence-electron chi connectivity index (χ4n) is 0.558. The Morgan fingerprint density at radius 3 is 2.50 bits per heavy atom. The number of unbranched alkanes of at least 4 members (excludes halogenated alkanes) is 2. The van der Waals surface area contributed by atoms with E-state index in [-0.39, 0.29) is 36.0 Å². The molecule has 0 aromatic rings.